The van der Waals surface area contributed by atoms with Gasteiger partial charge in [0.2, 0.25) is 0 Å². The lowest BCUT2D eigenvalue weighted by Crippen LogP contribution is -2.58. The second-order valence-electron chi connectivity index (χ2n) is 6.66. The van der Waals surface area contributed by atoms with Crippen LogP contribution in [0.3, 0.4) is 0 Å². The molecule has 3 fully saturated rings. The predicted octanol–water partition coefficient (Wildman–Crippen LogP) is 1.78. The number of Topliss-reactive ketones (excluding diaryl/α,β-unsaturated/α-hetero) is 1. The molecule has 0 amide bonds. The smallest absolute Gasteiger partial charge is 0.144 e. The summed E-state index contributed by atoms with van der Waals surface area (Å²) in [6, 6.07) is 11.4. The SMILES string of the molecule is O=C1C2CN(Cc3ccccc3)CC1CN(C1CC1)C2. The quantitative estimate of drug-likeness (QED) is 0.836. The Balaban J connectivity index is 1.44. The number of nitrogens with zero attached hydrogens (tertiary/aromatic N) is 2. The van der Waals surface area contributed by atoms with E-state index in [0.717, 1.165) is 38.8 Å². The molecule has 1 saturated carbocycles. The fraction of sp³-hybridized carbons (Fsp3) is 0.588. The highest BCUT2D eigenvalue weighted by Crippen LogP contribution is 2.34. The van der Waals surface area contributed by atoms with E-state index < -0.39 is 0 Å². The van der Waals surface area contributed by atoms with Gasteiger partial charge in [0, 0.05) is 50.6 Å². The lowest BCUT2D eigenvalue weighted by atomic mass is 9.83. The van der Waals surface area contributed by atoms with Crippen LogP contribution in [-0.2, 0) is 11.3 Å². The maximum atomic E-state index is 12.3. The van der Waals surface area contributed by atoms with Gasteiger partial charge in [0.15, 0.2) is 0 Å². The van der Waals surface area contributed by atoms with Crippen LogP contribution in [0.1, 0.15) is 18.4 Å². The van der Waals surface area contributed by atoms with E-state index in [1.165, 1.54) is 18.4 Å². The number of likely N-dealkylation sites (tertiary alicyclic amines) is 2. The lowest BCUT2D eigenvalue weighted by molar-refractivity contribution is -0.137. The first kappa shape index (κ1) is 12.5. The predicted molar refractivity (Wildman–Crippen MR) is 78.3 cm³/mol. The second kappa shape index (κ2) is 4.97. The number of hydrogen-bond donors (Lipinski definition) is 0. The molecule has 1 aliphatic carbocycles. The van der Waals surface area contributed by atoms with E-state index in [2.05, 4.69) is 40.1 Å². The van der Waals surface area contributed by atoms with Gasteiger partial charge in [0.05, 0.1) is 0 Å². The van der Waals surface area contributed by atoms with E-state index >= 15 is 0 Å². The van der Waals surface area contributed by atoms with E-state index in [1.807, 2.05) is 0 Å². The lowest BCUT2D eigenvalue weighted by Gasteiger charge is -2.44. The number of carbonyl (C=O) groups excluding carboxylic acids is 1. The molecule has 3 nitrogen and oxygen atoms in total. The van der Waals surface area contributed by atoms with Gasteiger partial charge in [0.25, 0.3) is 0 Å². The molecular weight excluding hydrogens is 248 g/mol. The van der Waals surface area contributed by atoms with Crippen molar-refractivity contribution in [2.75, 3.05) is 26.2 Å². The first-order chi connectivity index (χ1) is 9.79. The normalized spacial score (nSPS) is 31.5. The van der Waals surface area contributed by atoms with Crippen molar-refractivity contribution < 1.29 is 4.79 Å². The number of benzene rings is 1. The minimum Gasteiger partial charge on any atom is -0.299 e. The first-order valence-corrected chi connectivity index (χ1v) is 7.83. The van der Waals surface area contributed by atoms with Crippen molar-refractivity contribution in [3.05, 3.63) is 35.9 Å². The minimum absolute atomic E-state index is 0.256. The summed E-state index contributed by atoms with van der Waals surface area (Å²) in [6.45, 7) is 4.90. The molecule has 2 unspecified atom stereocenters. The van der Waals surface area contributed by atoms with Crippen LogP contribution < -0.4 is 0 Å². The van der Waals surface area contributed by atoms with E-state index in [-0.39, 0.29) is 11.8 Å². The zero-order valence-corrected chi connectivity index (χ0v) is 11.9. The standard InChI is InChI=1S/C17H22N2O/c20-17-14-9-18(8-13-4-2-1-3-5-13)10-15(17)12-19(11-14)16-6-7-16/h1-5,14-16H,6-12H2. The second-order valence-corrected chi connectivity index (χ2v) is 6.66. The summed E-state index contributed by atoms with van der Waals surface area (Å²) in [5.74, 6) is 1.05. The Hall–Kier alpha value is -1.19. The van der Waals surface area contributed by atoms with Crippen LogP contribution in [0, 0.1) is 11.8 Å². The summed E-state index contributed by atoms with van der Waals surface area (Å²) in [5, 5.41) is 0. The third-order valence-electron chi connectivity index (χ3n) is 4.98. The fourth-order valence-electron chi connectivity index (χ4n) is 3.86. The zero-order chi connectivity index (χ0) is 13.5. The van der Waals surface area contributed by atoms with Crippen molar-refractivity contribution in [3.63, 3.8) is 0 Å². The van der Waals surface area contributed by atoms with Gasteiger partial charge in [0.1, 0.15) is 5.78 Å². The highest BCUT2D eigenvalue weighted by Gasteiger charge is 2.44. The molecule has 2 heterocycles. The molecule has 1 aromatic rings. The Morgan fingerprint density at radius 3 is 2.20 bits per heavy atom. The van der Waals surface area contributed by atoms with E-state index in [4.69, 9.17) is 0 Å². The molecule has 0 spiro atoms. The average molecular weight is 270 g/mol. The number of hydrogen-bond acceptors (Lipinski definition) is 3. The van der Waals surface area contributed by atoms with Crippen molar-refractivity contribution >= 4 is 5.78 Å². The minimum atomic E-state index is 0.256. The number of fused-ring (bicyclic) bond motifs is 2. The molecule has 1 aromatic carbocycles. The van der Waals surface area contributed by atoms with E-state index in [0.29, 0.717) is 5.78 Å². The molecule has 4 rings (SSSR count). The maximum absolute atomic E-state index is 12.3. The Kier molecular flexibility index (Phi) is 3.12. The summed E-state index contributed by atoms with van der Waals surface area (Å²) in [4.78, 5) is 17.4. The average Bonchev–Trinajstić information content (AvgIpc) is 3.25. The fourth-order valence-corrected chi connectivity index (χ4v) is 3.86. The van der Waals surface area contributed by atoms with Gasteiger partial charge in [-0.05, 0) is 18.4 Å². The third kappa shape index (κ3) is 2.40. The van der Waals surface area contributed by atoms with Crippen molar-refractivity contribution in [3.8, 4) is 0 Å². The maximum Gasteiger partial charge on any atom is 0.144 e. The number of piperidine rings is 2. The van der Waals surface area contributed by atoms with Gasteiger partial charge >= 0.3 is 0 Å². The summed E-state index contributed by atoms with van der Waals surface area (Å²) in [6.07, 6.45) is 2.70. The number of ketones is 1. The van der Waals surface area contributed by atoms with Crippen LogP contribution in [0.2, 0.25) is 0 Å². The third-order valence-corrected chi connectivity index (χ3v) is 4.98. The molecule has 0 N–H and O–H groups in total. The molecule has 2 bridgehead atoms. The molecule has 106 valence electrons. The van der Waals surface area contributed by atoms with Gasteiger partial charge in [-0.1, -0.05) is 30.3 Å². The van der Waals surface area contributed by atoms with Crippen LogP contribution in [0.15, 0.2) is 30.3 Å². The molecule has 0 radical (unpaired) electrons. The van der Waals surface area contributed by atoms with Gasteiger partial charge in [-0.2, -0.15) is 0 Å². The Morgan fingerprint density at radius 2 is 1.60 bits per heavy atom. The van der Waals surface area contributed by atoms with Crippen LogP contribution in [0.4, 0.5) is 0 Å². The zero-order valence-electron chi connectivity index (χ0n) is 11.9. The van der Waals surface area contributed by atoms with E-state index in [1.54, 1.807) is 0 Å². The summed E-state index contributed by atoms with van der Waals surface area (Å²) in [5.41, 5.74) is 1.36. The van der Waals surface area contributed by atoms with Gasteiger partial charge < -0.3 is 0 Å². The van der Waals surface area contributed by atoms with Gasteiger partial charge in [-0.15, -0.1) is 0 Å². The van der Waals surface area contributed by atoms with Crippen LogP contribution in [-0.4, -0.2) is 47.8 Å². The molecule has 0 aromatic heterocycles. The Labute approximate surface area is 120 Å². The van der Waals surface area contributed by atoms with Crippen molar-refractivity contribution in [2.24, 2.45) is 11.8 Å². The van der Waals surface area contributed by atoms with Gasteiger partial charge in [-0.3, -0.25) is 14.6 Å². The molecule has 2 saturated heterocycles. The van der Waals surface area contributed by atoms with Crippen LogP contribution >= 0.6 is 0 Å². The van der Waals surface area contributed by atoms with Crippen molar-refractivity contribution in [2.45, 2.75) is 25.4 Å². The van der Waals surface area contributed by atoms with Crippen LogP contribution in [0.25, 0.3) is 0 Å². The van der Waals surface area contributed by atoms with Crippen molar-refractivity contribution in [1.82, 2.24) is 9.80 Å². The first-order valence-electron chi connectivity index (χ1n) is 7.83. The van der Waals surface area contributed by atoms with Crippen molar-refractivity contribution in [1.29, 1.82) is 0 Å². The number of rotatable bonds is 3. The van der Waals surface area contributed by atoms with Crippen LogP contribution in [0.5, 0.6) is 0 Å². The van der Waals surface area contributed by atoms with Gasteiger partial charge in [-0.25, -0.2) is 0 Å². The Morgan fingerprint density at radius 1 is 0.950 bits per heavy atom. The van der Waals surface area contributed by atoms with E-state index in [9.17, 15) is 4.79 Å². The highest BCUT2D eigenvalue weighted by atomic mass is 16.1. The molecule has 2 atom stereocenters. The summed E-state index contributed by atoms with van der Waals surface area (Å²) >= 11 is 0. The Bertz CT molecular complexity index is 479. The summed E-state index contributed by atoms with van der Waals surface area (Å²) in [7, 11) is 0. The molecule has 2 aliphatic heterocycles. The summed E-state index contributed by atoms with van der Waals surface area (Å²) < 4.78 is 0. The topological polar surface area (TPSA) is 23.6 Å². The monoisotopic (exact) mass is 270 g/mol. The molecular formula is C17H22N2O. The molecule has 20 heavy (non-hydrogen) atoms. The molecule has 3 aliphatic rings. The number of carbonyl (C=O) groups is 1. The largest absolute Gasteiger partial charge is 0.299 e. The molecule has 3 heteroatoms. The highest BCUT2D eigenvalue weighted by molar-refractivity contribution is 5.85.